The van der Waals surface area contributed by atoms with Gasteiger partial charge in [-0.2, -0.15) is 0 Å². The van der Waals surface area contributed by atoms with Crippen molar-refractivity contribution in [3.05, 3.63) is 23.1 Å². The van der Waals surface area contributed by atoms with Crippen molar-refractivity contribution in [3.8, 4) is 0 Å². The molecule has 2 unspecified atom stereocenters. The molecule has 1 fully saturated rings. The number of hydrogen-bond acceptors (Lipinski definition) is 3. The first-order valence-electron chi connectivity index (χ1n) is 6.39. The van der Waals surface area contributed by atoms with Gasteiger partial charge in [0.25, 0.3) is 0 Å². The van der Waals surface area contributed by atoms with E-state index in [1.165, 1.54) is 0 Å². The summed E-state index contributed by atoms with van der Waals surface area (Å²) in [6.07, 6.45) is 3.83. The normalized spacial score (nSPS) is 23.9. The Morgan fingerprint density at radius 3 is 3.11 bits per heavy atom. The highest BCUT2D eigenvalue weighted by Crippen LogP contribution is 2.30. The predicted molar refractivity (Wildman–Crippen MR) is 75.8 cm³/mol. The molecule has 0 N–H and O–H groups in total. The van der Waals surface area contributed by atoms with Crippen molar-refractivity contribution in [2.75, 3.05) is 6.61 Å². The van der Waals surface area contributed by atoms with Crippen molar-refractivity contribution in [3.63, 3.8) is 0 Å². The third-order valence-electron chi connectivity index (χ3n) is 3.51. The molecule has 6 heteroatoms. The number of nitrogens with zero attached hydrogens (tertiary/aromatic N) is 3. The smallest absolute Gasteiger partial charge is 0.160 e. The van der Waals surface area contributed by atoms with Crippen molar-refractivity contribution < 1.29 is 4.74 Å². The van der Waals surface area contributed by atoms with Gasteiger partial charge in [-0.3, -0.25) is 0 Å². The second kappa shape index (κ2) is 5.27. The molecule has 1 aliphatic rings. The molecule has 3 rings (SSSR count). The Hall–Kier alpha value is -0.840. The minimum absolute atomic E-state index is 0.256. The van der Waals surface area contributed by atoms with Crippen LogP contribution in [0.15, 0.2) is 12.3 Å². The van der Waals surface area contributed by atoms with Gasteiger partial charge in [0.05, 0.1) is 17.0 Å². The summed E-state index contributed by atoms with van der Waals surface area (Å²) in [5.74, 6) is 1.23. The van der Waals surface area contributed by atoms with Crippen LogP contribution in [0, 0.1) is 0 Å². The monoisotopic (exact) mass is 299 g/mol. The zero-order valence-corrected chi connectivity index (χ0v) is 12.2. The van der Waals surface area contributed by atoms with Gasteiger partial charge >= 0.3 is 0 Å². The summed E-state index contributed by atoms with van der Waals surface area (Å²) in [5, 5.41) is 0.596. The van der Waals surface area contributed by atoms with Crippen LogP contribution >= 0.6 is 23.2 Å². The highest BCUT2D eigenvalue weighted by Gasteiger charge is 2.25. The molecule has 0 saturated carbocycles. The van der Waals surface area contributed by atoms with Crippen LogP contribution in [0.3, 0.4) is 0 Å². The summed E-state index contributed by atoms with van der Waals surface area (Å²) in [6.45, 7) is 2.86. The number of fused-ring (bicyclic) bond motifs is 1. The van der Waals surface area contributed by atoms with Crippen LogP contribution in [0.1, 0.15) is 31.6 Å². The van der Waals surface area contributed by atoms with Crippen molar-refractivity contribution in [1.82, 2.24) is 14.5 Å². The van der Waals surface area contributed by atoms with Gasteiger partial charge in [-0.1, -0.05) is 11.6 Å². The Morgan fingerprint density at radius 2 is 2.37 bits per heavy atom. The molecule has 2 atom stereocenters. The number of rotatable bonds is 2. The lowest BCUT2D eigenvalue weighted by Crippen LogP contribution is -2.26. The fraction of sp³-hybridized carbons (Fsp3) is 0.538. The second-order valence-electron chi connectivity index (χ2n) is 4.89. The zero-order valence-electron chi connectivity index (χ0n) is 10.6. The Balaban J connectivity index is 2.10. The maximum Gasteiger partial charge on any atom is 0.160 e. The van der Waals surface area contributed by atoms with E-state index in [1.54, 1.807) is 6.20 Å². The van der Waals surface area contributed by atoms with Crippen LogP contribution in [-0.2, 0) is 10.6 Å². The highest BCUT2D eigenvalue weighted by atomic mass is 35.5. The van der Waals surface area contributed by atoms with Gasteiger partial charge in [0.15, 0.2) is 5.65 Å². The van der Waals surface area contributed by atoms with Gasteiger partial charge in [0.1, 0.15) is 11.3 Å². The summed E-state index contributed by atoms with van der Waals surface area (Å²) in [7, 11) is 0. The molecule has 0 aliphatic carbocycles. The molecule has 0 aromatic carbocycles. The fourth-order valence-corrected chi connectivity index (χ4v) is 3.03. The summed E-state index contributed by atoms with van der Waals surface area (Å²) in [6, 6.07) is 2.18. The van der Waals surface area contributed by atoms with Gasteiger partial charge < -0.3 is 9.30 Å². The minimum Gasteiger partial charge on any atom is -0.378 e. The van der Waals surface area contributed by atoms with E-state index in [-0.39, 0.29) is 6.10 Å². The highest BCUT2D eigenvalue weighted by molar-refractivity contribution is 6.31. The number of pyridine rings is 1. The van der Waals surface area contributed by atoms with E-state index in [1.807, 2.05) is 6.07 Å². The maximum absolute atomic E-state index is 6.02. The summed E-state index contributed by atoms with van der Waals surface area (Å²) >= 11 is 12.0. The van der Waals surface area contributed by atoms with Crippen LogP contribution in [0.4, 0.5) is 0 Å². The SMILES string of the molecule is CC1CC(n2c(CCl)nc3cc(Cl)cnc32)CCO1. The standard InChI is InChI=1S/C13H15Cl2N3O/c1-8-4-10(2-3-19-8)18-12(6-14)17-11-5-9(15)7-16-13(11)18/h5,7-8,10H,2-4,6H2,1H3. The van der Waals surface area contributed by atoms with Crippen LogP contribution in [-0.4, -0.2) is 27.2 Å². The first-order valence-corrected chi connectivity index (χ1v) is 7.30. The van der Waals surface area contributed by atoms with Gasteiger partial charge in [0.2, 0.25) is 0 Å². The maximum atomic E-state index is 6.02. The minimum atomic E-state index is 0.256. The molecular weight excluding hydrogens is 285 g/mol. The zero-order chi connectivity index (χ0) is 13.4. The summed E-state index contributed by atoms with van der Waals surface area (Å²) < 4.78 is 7.75. The van der Waals surface area contributed by atoms with Crippen LogP contribution < -0.4 is 0 Å². The van der Waals surface area contributed by atoms with E-state index >= 15 is 0 Å². The number of alkyl halides is 1. The van der Waals surface area contributed by atoms with Crippen molar-refractivity contribution in [2.24, 2.45) is 0 Å². The largest absolute Gasteiger partial charge is 0.378 e. The molecule has 0 amide bonds. The van der Waals surface area contributed by atoms with Crippen LogP contribution in [0.25, 0.3) is 11.2 Å². The lowest BCUT2D eigenvalue weighted by molar-refractivity contribution is 0.00623. The first kappa shape index (κ1) is 13.2. The summed E-state index contributed by atoms with van der Waals surface area (Å²) in [4.78, 5) is 8.95. The van der Waals surface area contributed by atoms with E-state index in [2.05, 4.69) is 21.5 Å². The third kappa shape index (κ3) is 2.45. The van der Waals surface area contributed by atoms with Gasteiger partial charge in [-0.05, 0) is 25.8 Å². The topological polar surface area (TPSA) is 39.9 Å². The Morgan fingerprint density at radius 1 is 1.53 bits per heavy atom. The van der Waals surface area contributed by atoms with E-state index in [9.17, 15) is 0 Å². The Bertz CT molecular complexity index is 599. The molecule has 4 nitrogen and oxygen atoms in total. The average Bonchev–Trinajstić information content (AvgIpc) is 2.76. The number of ether oxygens (including phenoxy) is 1. The van der Waals surface area contributed by atoms with Gasteiger partial charge in [0, 0.05) is 18.8 Å². The van der Waals surface area contributed by atoms with Crippen molar-refractivity contribution in [2.45, 2.75) is 37.8 Å². The van der Waals surface area contributed by atoms with Crippen molar-refractivity contribution >= 4 is 34.4 Å². The number of imidazole rings is 1. The molecule has 19 heavy (non-hydrogen) atoms. The summed E-state index contributed by atoms with van der Waals surface area (Å²) in [5.41, 5.74) is 1.67. The first-order chi connectivity index (χ1) is 9.19. The molecule has 1 saturated heterocycles. The molecule has 0 spiro atoms. The molecule has 102 valence electrons. The molecule has 0 bridgehead atoms. The van der Waals surface area contributed by atoms with Gasteiger partial charge in [-0.25, -0.2) is 9.97 Å². The lowest BCUT2D eigenvalue weighted by Gasteiger charge is -2.29. The fourth-order valence-electron chi connectivity index (χ4n) is 2.69. The number of hydrogen-bond donors (Lipinski definition) is 0. The van der Waals surface area contributed by atoms with Crippen molar-refractivity contribution in [1.29, 1.82) is 0 Å². The predicted octanol–water partition coefficient (Wildman–Crippen LogP) is 3.56. The van der Waals surface area contributed by atoms with Crippen LogP contribution in [0.5, 0.6) is 0 Å². The Kier molecular flexibility index (Phi) is 3.65. The molecule has 3 heterocycles. The quantitative estimate of drug-likeness (QED) is 0.796. The van der Waals surface area contributed by atoms with Gasteiger partial charge in [-0.15, -0.1) is 11.6 Å². The molecule has 2 aromatic heterocycles. The third-order valence-corrected chi connectivity index (χ3v) is 3.96. The second-order valence-corrected chi connectivity index (χ2v) is 5.59. The lowest BCUT2D eigenvalue weighted by atomic mass is 10.0. The van der Waals surface area contributed by atoms with E-state index < -0.39 is 0 Å². The van der Waals surface area contributed by atoms with Crippen LogP contribution in [0.2, 0.25) is 5.02 Å². The molecule has 2 aromatic rings. The van der Waals surface area contributed by atoms with E-state index in [4.69, 9.17) is 27.9 Å². The molecule has 1 aliphatic heterocycles. The number of aromatic nitrogens is 3. The molecule has 0 radical (unpaired) electrons. The molecular formula is C13H15Cl2N3O. The average molecular weight is 300 g/mol. The number of halogens is 2. The van der Waals surface area contributed by atoms with E-state index in [0.717, 1.165) is 36.4 Å². The Labute approximate surface area is 121 Å². The van der Waals surface area contributed by atoms with E-state index in [0.29, 0.717) is 16.9 Å².